The van der Waals surface area contributed by atoms with Crippen LogP contribution < -0.4 is 0 Å². The summed E-state index contributed by atoms with van der Waals surface area (Å²) in [6.45, 7) is 2.99. The van der Waals surface area contributed by atoms with Gasteiger partial charge in [-0.2, -0.15) is 13.2 Å². The van der Waals surface area contributed by atoms with Crippen LogP contribution >= 0.6 is 22.9 Å². The van der Waals surface area contributed by atoms with Crippen molar-refractivity contribution in [3.05, 3.63) is 62.7 Å². The maximum atomic E-state index is 14.0. The lowest BCUT2D eigenvalue weighted by atomic mass is 10.1. The molecule has 0 bridgehead atoms. The molecule has 1 aromatic carbocycles. The number of benzene rings is 1. The number of carbonyl (C=O) groups is 1. The minimum absolute atomic E-state index is 0.00746. The van der Waals surface area contributed by atoms with Gasteiger partial charge in [-0.15, -0.1) is 11.3 Å². The SMILES string of the molecule is CCN(C)Cc1sc(CC(=O)c2cnc(Cl)cn2)nc1-c1cc(F)cc(C(F)(F)F)c1. The van der Waals surface area contributed by atoms with Crippen LogP contribution in [0.4, 0.5) is 17.6 Å². The van der Waals surface area contributed by atoms with E-state index in [-0.39, 0.29) is 34.3 Å². The summed E-state index contributed by atoms with van der Waals surface area (Å²) in [5, 5.41) is 0.526. The van der Waals surface area contributed by atoms with E-state index in [9.17, 15) is 22.4 Å². The summed E-state index contributed by atoms with van der Waals surface area (Å²) in [6.07, 6.45) is -2.33. The summed E-state index contributed by atoms with van der Waals surface area (Å²) >= 11 is 6.87. The maximum absolute atomic E-state index is 14.0. The quantitative estimate of drug-likeness (QED) is 0.345. The van der Waals surface area contributed by atoms with E-state index >= 15 is 0 Å². The summed E-state index contributed by atoms with van der Waals surface area (Å²) < 4.78 is 53.4. The van der Waals surface area contributed by atoms with Gasteiger partial charge in [0.2, 0.25) is 0 Å². The number of nitrogens with zero attached hydrogens (tertiary/aromatic N) is 4. The van der Waals surface area contributed by atoms with Crippen molar-refractivity contribution in [1.82, 2.24) is 19.9 Å². The average molecular weight is 473 g/mol. The topological polar surface area (TPSA) is 59.0 Å². The lowest BCUT2D eigenvalue weighted by Crippen LogP contribution is -2.16. The van der Waals surface area contributed by atoms with Crippen molar-refractivity contribution in [2.24, 2.45) is 0 Å². The van der Waals surface area contributed by atoms with Crippen molar-refractivity contribution in [2.75, 3.05) is 13.6 Å². The summed E-state index contributed by atoms with van der Waals surface area (Å²) in [7, 11) is 1.84. The summed E-state index contributed by atoms with van der Waals surface area (Å²) in [6, 6.07) is 2.32. The predicted octanol–water partition coefficient (Wildman–Crippen LogP) is 5.29. The molecule has 0 aliphatic heterocycles. The molecule has 3 aromatic rings. The highest BCUT2D eigenvalue weighted by molar-refractivity contribution is 7.12. The molecular formula is C20H17ClF4N4OS. The fourth-order valence-corrected chi connectivity index (χ4v) is 4.01. The van der Waals surface area contributed by atoms with Crippen LogP contribution in [0.2, 0.25) is 5.15 Å². The molecule has 0 aliphatic carbocycles. The van der Waals surface area contributed by atoms with E-state index < -0.39 is 17.6 Å². The molecule has 0 unspecified atom stereocenters. The Balaban J connectivity index is 1.99. The minimum atomic E-state index is -4.70. The van der Waals surface area contributed by atoms with Gasteiger partial charge in [0.15, 0.2) is 5.78 Å². The van der Waals surface area contributed by atoms with Gasteiger partial charge in [0.05, 0.1) is 30.1 Å². The molecule has 0 aliphatic rings. The number of hydrogen-bond donors (Lipinski definition) is 0. The normalized spacial score (nSPS) is 11.9. The van der Waals surface area contributed by atoms with Crippen LogP contribution in [0.25, 0.3) is 11.3 Å². The number of Topliss-reactive ketones (excluding diaryl/α,β-unsaturated/α-hetero) is 1. The molecule has 2 heterocycles. The van der Waals surface area contributed by atoms with Crippen LogP contribution in [0.15, 0.2) is 30.6 Å². The van der Waals surface area contributed by atoms with Gasteiger partial charge in [0.25, 0.3) is 0 Å². The van der Waals surface area contributed by atoms with Crippen LogP contribution in [0.5, 0.6) is 0 Å². The first-order valence-electron chi connectivity index (χ1n) is 9.12. The molecular weight excluding hydrogens is 456 g/mol. The Bertz CT molecular complexity index is 1090. The minimum Gasteiger partial charge on any atom is -0.301 e. The molecule has 0 atom stereocenters. The zero-order valence-corrected chi connectivity index (χ0v) is 18.1. The Hall–Kier alpha value is -2.43. The van der Waals surface area contributed by atoms with Crippen LogP contribution in [-0.4, -0.2) is 39.2 Å². The lowest BCUT2D eigenvalue weighted by molar-refractivity contribution is -0.137. The van der Waals surface area contributed by atoms with Gasteiger partial charge < -0.3 is 4.90 Å². The van der Waals surface area contributed by atoms with Crippen LogP contribution in [-0.2, 0) is 19.1 Å². The molecule has 0 saturated carbocycles. The third-order valence-corrected chi connectivity index (χ3v) is 5.65. The molecule has 0 saturated heterocycles. The highest BCUT2D eigenvalue weighted by Gasteiger charge is 2.32. The summed E-state index contributed by atoms with van der Waals surface area (Å²) in [5.74, 6) is -1.38. The molecule has 164 valence electrons. The number of rotatable bonds is 7. The van der Waals surface area contributed by atoms with Crippen LogP contribution in [0, 0.1) is 5.82 Å². The van der Waals surface area contributed by atoms with E-state index in [2.05, 4.69) is 15.0 Å². The molecule has 5 nitrogen and oxygen atoms in total. The molecule has 3 rings (SSSR count). The van der Waals surface area contributed by atoms with Crippen molar-refractivity contribution >= 4 is 28.7 Å². The van der Waals surface area contributed by atoms with E-state index in [0.29, 0.717) is 29.0 Å². The van der Waals surface area contributed by atoms with E-state index in [1.807, 2.05) is 18.9 Å². The number of thiazole rings is 1. The maximum Gasteiger partial charge on any atom is 0.416 e. The smallest absolute Gasteiger partial charge is 0.301 e. The monoisotopic (exact) mass is 472 g/mol. The van der Waals surface area contributed by atoms with Gasteiger partial charge >= 0.3 is 6.18 Å². The Labute approximate surface area is 184 Å². The van der Waals surface area contributed by atoms with Gasteiger partial charge in [0, 0.05) is 17.0 Å². The molecule has 0 N–H and O–H groups in total. The second-order valence-corrected chi connectivity index (χ2v) is 8.32. The molecule has 0 amide bonds. The Morgan fingerprint density at radius 2 is 1.94 bits per heavy atom. The first-order chi connectivity index (χ1) is 14.6. The van der Waals surface area contributed by atoms with Crippen LogP contribution in [0.1, 0.15) is 32.9 Å². The third-order valence-electron chi connectivity index (χ3n) is 4.41. The van der Waals surface area contributed by atoms with E-state index in [1.54, 1.807) is 0 Å². The lowest BCUT2D eigenvalue weighted by Gasteiger charge is -2.14. The largest absolute Gasteiger partial charge is 0.416 e. The fourth-order valence-electron chi connectivity index (χ4n) is 2.74. The highest BCUT2D eigenvalue weighted by Crippen LogP contribution is 2.36. The van der Waals surface area contributed by atoms with Crippen molar-refractivity contribution in [3.63, 3.8) is 0 Å². The summed E-state index contributed by atoms with van der Waals surface area (Å²) in [4.78, 5) is 27.2. The number of hydrogen-bond acceptors (Lipinski definition) is 6. The number of ketones is 1. The number of alkyl halides is 3. The van der Waals surface area contributed by atoms with Crippen molar-refractivity contribution in [1.29, 1.82) is 0 Å². The summed E-state index contributed by atoms with van der Waals surface area (Å²) in [5.41, 5.74) is -0.772. The molecule has 31 heavy (non-hydrogen) atoms. The second kappa shape index (κ2) is 9.37. The highest BCUT2D eigenvalue weighted by atomic mass is 35.5. The fraction of sp³-hybridized carbons (Fsp3) is 0.300. The van der Waals surface area contributed by atoms with Gasteiger partial charge in [-0.25, -0.2) is 19.3 Å². The van der Waals surface area contributed by atoms with Gasteiger partial charge in [-0.3, -0.25) is 4.79 Å². The molecule has 11 heteroatoms. The standard InChI is InChI=1S/C20H17ClF4N4OS/c1-3-29(2)10-16-19(11-4-12(20(23,24)25)6-13(22)5-11)28-18(31-16)7-15(30)14-8-27-17(21)9-26-14/h4-6,8-9H,3,7,10H2,1-2H3. The van der Waals surface area contributed by atoms with Crippen molar-refractivity contribution in [3.8, 4) is 11.3 Å². The van der Waals surface area contributed by atoms with E-state index in [4.69, 9.17) is 11.6 Å². The Morgan fingerprint density at radius 3 is 2.55 bits per heavy atom. The second-order valence-electron chi connectivity index (χ2n) is 6.76. The van der Waals surface area contributed by atoms with Gasteiger partial charge in [-0.1, -0.05) is 18.5 Å². The zero-order valence-electron chi connectivity index (χ0n) is 16.5. The zero-order chi connectivity index (χ0) is 22.8. The molecule has 2 aromatic heterocycles. The van der Waals surface area contributed by atoms with E-state index in [1.165, 1.54) is 23.7 Å². The van der Waals surface area contributed by atoms with Crippen molar-refractivity contribution < 1.29 is 22.4 Å². The number of aromatic nitrogens is 3. The Kier molecular flexibility index (Phi) is 7.03. The number of carbonyl (C=O) groups excluding carboxylic acids is 1. The molecule has 0 radical (unpaired) electrons. The van der Waals surface area contributed by atoms with Gasteiger partial charge in [-0.05, 0) is 31.8 Å². The Morgan fingerprint density at radius 1 is 1.19 bits per heavy atom. The first-order valence-corrected chi connectivity index (χ1v) is 10.3. The molecule has 0 fully saturated rings. The predicted molar refractivity (Wildman–Crippen MR) is 110 cm³/mol. The first kappa shape index (κ1) is 23.2. The van der Waals surface area contributed by atoms with Gasteiger partial charge in [0.1, 0.15) is 21.7 Å². The average Bonchev–Trinajstić information content (AvgIpc) is 3.09. The number of halogens is 5. The van der Waals surface area contributed by atoms with Crippen molar-refractivity contribution in [2.45, 2.75) is 26.1 Å². The van der Waals surface area contributed by atoms with Crippen LogP contribution in [0.3, 0.4) is 0 Å². The third kappa shape index (κ3) is 5.84. The molecule has 0 spiro atoms. The van der Waals surface area contributed by atoms with E-state index in [0.717, 1.165) is 12.1 Å².